The number of benzene rings is 2. The van der Waals surface area contributed by atoms with Gasteiger partial charge in [-0.3, -0.25) is 19.7 Å². The van der Waals surface area contributed by atoms with Crippen molar-refractivity contribution in [2.75, 3.05) is 5.32 Å². The second-order valence-corrected chi connectivity index (χ2v) is 5.99. The number of nitrogens with zero attached hydrogens (tertiary/aromatic N) is 2. The van der Waals surface area contributed by atoms with Gasteiger partial charge in [0.25, 0.3) is 5.69 Å². The smallest absolute Gasteiger partial charge is 0.270 e. The second-order valence-electron chi connectivity index (χ2n) is 5.99. The van der Waals surface area contributed by atoms with Crippen molar-refractivity contribution in [3.63, 3.8) is 0 Å². The topological polar surface area (TPSA) is 114 Å². The first-order valence-electron chi connectivity index (χ1n) is 8.28. The van der Waals surface area contributed by atoms with E-state index in [1.165, 1.54) is 24.4 Å². The van der Waals surface area contributed by atoms with E-state index in [9.17, 15) is 19.7 Å². The molecule has 0 fully saturated rings. The Kier molecular flexibility index (Phi) is 6.76. The van der Waals surface area contributed by atoms with E-state index in [-0.39, 0.29) is 24.4 Å². The first kappa shape index (κ1) is 19.8. The van der Waals surface area contributed by atoms with Crippen molar-refractivity contribution < 1.29 is 14.5 Å². The van der Waals surface area contributed by atoms with E-state index in [4.69, 9.17) is 0 Å². The van der Waals surface area contributed by atoms with Crippen LogP contribution in [0.5, 0.6) is 0 Å². The molecule has 0 aliphatic rings. The zero-order valence-electron chi connectivity index (χ0n) is 15.1. The van der Waals surface area contributed by atoms with Crippen molar-refractivity contribution in [2.45, 2.75) is 26.7 Å². The van der Waals surface area contributed by atoms with E-state index in [1.807, 2.05) is 32.0 Å². The summed E-state index contributed by atoms with van der Waals surface area (Å²) in [5, 5.41) is 17.2. The normalized spacial score (nSPS) is 10.6. The van der Waals surface area contributed by atoms with E-state index in [0.29, 0.717) is 11.3 Å². The van der Waals surface area contributed by atoms with E-state index < -0.39 is 10.8 Å². The summed E-state index contributed by atoms with van der Waals surface area (Å²) in [5.74, 6) is -0.692. The fraction of sp³-hybridized carbons (Fsp3) is 0.211. The summed E-state index contributed by atoms with van der Waals surface area (Å²) in [5.41, 5.74) is 5.61. The molecule has 0 aromatic heterocycles. The van der Waals surface area contributed by atoms with Gasteiger partial charge in [-0.15, -0.1) is 0 Å². The van der Waals surface area contributed by atoms with Crippen LogP contribution in [0.3, 0.4) is 0 Å². The minimum atomic E-state index is -0.510. The zero-order valence-corrected chi connectivity index (χ0v) is 15.1. The van der Waals surface area contributed by atoms with Crippen molar-refractivity contribution >= 4 is 29.4 Å². The number of hydrogen-bond acceptors (Lipinski definition) is 5. The predicted molar refractivity (Wildman–Crippen MR) is 103 cm³/mol. The molecule has 0 aliphatic heterocycles. The lowest BCUT2D eigenvalue weighted by Gasteiger charge is -2.07. The average Bonchev–Trinajstić information content (AvgIpc) is 2.63. The Balaban J connectivity index is 1.78. The molecule has 8 heteroatoms. The molecule has 0 radical (unpaired) electrons. The first-order valence-corrected chi connectivity index (χ1v) is 8.28. The van der Waals surface area contributed by atoms with E-state index >= 15 is 0 Å². The van der Waals surface area contributed by atoms with Crippen LogP contribution in [0.4, 0.5) is 11.4 Å². The van der Waals surface area contributed by atoms with Crippen molar-refractivity contribution in [3.05, 3.63) is 69.3 Å². The van der Waals surface area contributed by atoms with Gasteiger partial charge in [-0.05, 0) is 37.1 Å². The number of aryl methyl sites for hydroxylation is 2. The number of carbonyl (C=O) groups excluding carboxylic acids is 2. The Labute approximate surface area is 156 Å². The maximum atomic E-state index is 11.9. The third-order valence-electron chi connectivity index (χ3n) is 3.85. The van der Waals surface area contributed by atoms with Gasteiger partial charge < -0.3 is 5.32 Å². The molecule has 0 saturated heterocycles. The number of nitro groups is 1. The van der Waals surface area contributed by atoms with Crippen molar-refractivity contribution in [3.8, 4) is 0 Å². The van der Waals surface area contributed by atoms with Crippen LogP contribution in [-0.2, 0) is 9.59 Å². The quantitative estimate of drug-likeness (QED) is 0.444. The molecule has 27 heavy (non-hydrogen) atoms. The second kappa shape index (κ2) is 9.23. The Morgan fingerprint density at radius 3 is 2.52 bits per heavy atom. The third kappa shape index (κ3) is 6.35. The molecule has 2 rings (SSSR count). The summed E-state index contributed by atoms with van der Waals surface area (Å²) < 4.78 is 0. The first-order chi connectivity index (χ1) is 12.8. The molecule has 2 N–H and O–H groups in total. The van der Waals surface area contributed by atoms with Crippen molar-refractivity contribution in [1.82, 2.24) is 5.43 Å². The lowest BCUT2D eigenvalue weighted by molar-refractivity contribution is -0.384. The fourth-order valence-corrected chi connectivity index (χ4v) is 2.22. The van der Waals surface area contributed by atoms with Gasteiger partial charge in [-0.1, -0.05) is 18.2 Å². The van der Waals surface area contributed by atoms with Gasteiger partial charge in [-0.25, -0.2) is 5.43 Å². The summed E-state index contributed by atoms with van der Waals surface area (Å²) in [6.07, 6.45) is 1.30. The van der Waals surface area contributed by atoms with Crippen LogP contribution in [0.2, 0.25) is 0 Å². The molecule has 0 unspecified atom stereocenters. The van der Waals surface area contributed by atoms with E-state index in [2.05, 4.69) is 15.8 Å². The summed E-state index contributed by atoms with van der Waals surface area (Å²) >= 11 is 0. The number of amides is 2. The molecule has 0 heterocycles. The van der Waals surface area contributed by atoms with Gasteiger partial charge >= 0.3 is 0 Å². The van der Waals surface area contributed by atoms with Crippen LogP contribution < -0.4 is 10.7 Å². The van der Waals surface area contributed by atoms with Crippen molar-refractivity contribution in [1.29, 1.82) is 0 Å². The molecule has 2 aromatic carbocycles. The Morgan fingerprint density at radius 1 is 1.07 bits per heavy atom. The zero-order chi connectivity index (χ0) is 19.8. The highest BCUT2D eigenvalue weighted by molar-refractivity contribution is 5.93. The third-order valence-corrected chi connectivity index (χ3v) is 3.85. The maximum Gasteiger partial charge on any atom is 0.270 e. The maximum absolute atomic E-state index is 11.9. The molecule has 2 aromatic rings. The number of non-ortho nitro benzene ring substituents is 1. The van der Waals surface area contributed by atoms with E-state index in [1.54, 1.807) is 6.07 Å². The number of nitro benzene ring substituents is 1. The van der Waals surface area contributed by atoms with Crippen LogP contribution in [0.1, 0.15) is 29.5 Å². The number of nitrogens with one attached hydrogen (secondary N) is 2. The highest BCUT2D eigenvalue weighted by Gasteiger charge is 2.08. The van der Waals surface area contributed by atoms with Crippen LogP contribution in [0.15, 0.2) is 47.6 Å². The highest BCUT2D eigenvalue weighted by Crippen LogP contribution is 2.14. The largest absolute Gasteiger partial charge is 0.326 e. The Morgan fingerprint density at radius 2 is 1.81 bits per heavy atom. The molecular formula is C19H20N4O4. The standard InChI is InChI=1S/C19H20N4O4/c1-13-6-7-16(10-14(13)2)21-18(24)8-9-19(25)22-20-12-15-4-3-5-17(11-15)23(26)27/h3-7,10-12H,8-9H2,1-2H3,(H,21,24)(H,22,25)/b20-12+. The lowest BCUT2D eigenvalue weighted by atomic mass is 10.1. The van der Waals surface area contributed by atoms with E-state index in [0.717, 1.165) is 11.1 Å². The number of rotatable bonds is 7. The molecule has 0 bridgehead atoms. The van der Waals surface area contributed by atoms with Gasteiger partial charge in [0.2, 0.25) is 11.8 Å². The van der Waals surface area contributed by atoms with Gasteiger partial charge in [0.15, 0.2) is 0 Å². The molecular weight excluding hydrogens is 348 g/mol. The van der Waals surface area contributed by atoms with Gasteiger partial charge in [0, 0.05) is 36.2 Å². The van der Waals surface area contributed by atoms with Gasteiger partial charge in [0.1, 0.15) is 0 Å². The Hall–Kier alpha value is -3.55. The summed E-state index contributed by atoms with van der Waals surface area (Å²) in [6, 6.07) is 11.5. The number of anilines is 1. The fourth-order valence-electron chi connectivity index (χ4n) is 2.22. The van der Waals surface area contributed by atoms with Crippen LogP contribution >= 0.6 is 0 Å². The molecule has 8 nitrogen and oxygen atoms in total. The predicted octanol–water partition coefficient (Wildman–Crippen LogP) is 3.08. The lowest BCUT2D eigenvalue weighted by Crippen LogP contribution is -2.20. The molecule has 0 aliphatic carbocycles. The minimum Gasteiger partial charge on any atom is -0.326 e. The number of hydrogen-bond donors (Lipinski definition) is 2. The average molecular weight is 368 g/mol. The molecule has 0 saturated carbocycles. The van der Waals surface area contributed by atoms with Crippen LogP contribution in [-0.4, -0.2) is 23.0 Å². The van der Waals surface area contributed by atoms with Crippen LogP contribution in [0.25, 0.3) is 0 Å². The number of carbonyl (C=O) groups is 2. The summed E-state index contributed by atoms with van der Waals surface area (Å²) in [4.78, 5) is 33.9. The van der Waals surface area contributed by atoms with Crippen molar-refractivity contribution in [2.24, 2.45) is 5.10 Å². The molecule has 2 amide bonds. The monoisotopic (exact) mass is 368 g/mol. The molecule has 140 valence electrons. The highest BCUT2D eigenvalue weighted by atomic mass is 16.6. The summed E-state index contributed by atoms with van der Waals surface area (Å²) in [7, 11) is 0. The SMILES string of the molecule is Cc1ccc(NC(=O)CCC(=O)N/N=C/c2cccc([N+](=O)[O-])c2)cc1C. The molecule has 0 spiro atoms. The number of hydrazone groups is 1. The Bertz CT molecular complexity index is 893. The van der Waals surface area contributed by atoms with Gasteiger partial charge in [-0.2, -0.15) is 5.10 Å². The summed E-state index contributed by atoms with van der Waals surface area (Å²) in [6.45, 7) is 3.94. The molecule has 0 atom stereocenters. The van der Waals surface area contributed by atoms with Crippen LogP contribution in [0, 0.1) is 24.0 Å². The van der Waals surface area contributed by atoms with Gasteiger partial charge in [0.05, 0.1) is 11.1 Å². The minimum absolute atomic E-state index is 0.0189.